The number of imide groups is 1. The summed E-state index contributed by atoms with van der Waals surface area (Å²) in [7, 11) is 2.53. The monoisotopic (exact) mass is 432 g/mol. The maximum Gasteiger partial charge on any atom is 0.348 e. The molecule has 10 heteroatoms. The van der Waals surface area contributed by atoms with E-state index in [2.05, 4.69) is 0 Å². The summed E-state index contributed by atoms with van der Waals surface area (Å²) in [6, 6.07) is 12.6. The van der Waals surface area contributed by atoms with Crippen LogP contribution in [0.4, 0.5) is 4.79 Å². The topological polar surface area (TPSA) is 93.2 Å². The van der Waals surface area contributed by atoms with Crippen molar-refractivity contribution in [3.63, 3.8) is 0 Å². The minimum Gasteiger partial charge on any atom is -0.465 e. The number of hydrogen-bond acceptors (Lipinski definition) is 8. The Morgan fingerprint density at radius 3 is 1.83 bits per heavy atom. The van der Waals surface area contributed by atoms with Crippen LogP contribution in [0.15, 0.2) is 58.3 Å². The molecule has 0 N–H and O–H groups in total. The molecule has 3 rings (SSSR count). The molecule has 0 saturated carbocycles. The quantitative estimate of drug-likeness (QED) is 0.390. The number of hydrogen-bond donors (Lipinski definition) is 0. The zero-order valence-electron chi connectivity index (χ0n) is 15.5. The average molecular weight is 432 g/mol. The van der Waals surface area contributed by atoms with Crippen molar-refractivity contribution in [2.45, 2.75) is 9.79 Å². The van der Waals surface area contributed by atoms with Crippen molar-refractivity contribution in [1.29, 1.82) is 0 Å². The van der Waals surface area contributed by atoms with Crippen LogP contribution in [-0.2, 0) is 14.3 Å². The Morgan fingerprint density at radius 1 is 0.828 bits per heavy atom. The molecule has 150 valence electrons. The van der Waals surface area contributed by atoms with Gasteiger partial charge in [-0.1, -0.05) is 24.3 Å². The molecule has 0 atom stereocenters. The first-order chi connectivity index (χ1) is 14.0. The molecule has 2 aromatic carbocycles. The van der Waals surface area contributed by atoms with Gasteiger partial charge in [0.15, 0.2) is 0 Å². The molecule has 2 aromatic rings. The number of urea groups is 1. The number of nitrogens with zero attached hydrogens (tertiary/aromatic N) is 2. The molecule has 1 aliphatic heterocycles. The molecular weight excluding hydrogens is 416 g/mol. The van der Waals surface area contributed by atoms with Gasteiger partial charge in [-0.15, -0.1) is 0 Å². The zero-order valence-corrected chi connectivity index (χ0v) is 17.1. The smallest absolute Gasteiger partial charge is 0.348 e. The van der Waals surface area contributed by atoms with Crippen molar-refractivity contribution in [1.82, 2.24) is 8.61 Å². The van der Waals surface area contributed by atoms with Crippen LogP contribution in [-0.4, -0.2) is 53.3 Å². The highest BCUT2D eigenvalue weighted by Gasteiger charge is 2.39. The lowest BCUT2D eigenvalue weighted by atomic mass is 10.2. The third kappa shape index (κ3) is 4.38. The summed E-state index contributed by atoms with van der Waals surface area (Å²) < 4.78 is 11.7. The SMILES string of the molecule is COC(=O)c1ccccc1SN1CC(=O)N(Sc2ccccc2C(=O)OC)C1=O. The second kappa shape index (κ2) is 9.01. The van der Waals surface area contributed by atoms with Crippen LogP contribution in [0, 0.1) is 0 Å². The Kier molecular flexibility index (Phi) is 6.45. The van der Waals surface area contributed by atoms with Crippen LogP contribution in [0.2, 0.25) is 0 Å². The highest BCUT2D eigenvalue weighted by atomic mass is 32.2. The van der Waals surface area contributed by atoms with E-state index < -0.39 is 23.9 Å². The first-order valence-electron chi connectivity index (χ1n) is 8.31. The van der Waals surface area contributed by atoms with Gasteiger partial charge in [0.1, 0.15) is 6.54 Å². The van der Waals surface area contributed by atoms with Gasteiger partial charge in [0.25, 0.3) is 5.91 Å². The molecule has 0 radical (unpaired) electrons. The van der Waals surface area contributed by atoms with Gasteiger partial charge in [-0.25, -0.2) is 14.4 Å². The molecule has 0 aliphatic carbocycles. The van der Waals surface area contributed by atoms with E-state index in [-0.39, 0.29) is 12.1 Å². The van der Waals surface area contributed by atoms with Crippen molar-refractivity contribution < 1.29 is 28.7 Å². The largest absolute Gasteiger partial charge is 0.465 e. The molecule has 29 heavy (non-hydrogen) atoms. The molecule has 0 bridgehead atoms. The number of carbonyl (C=O) groups is 4. The number of amides is 3. The maximum atomic E-state index is 12.8. The van der Waals surface area contributed by atoms with Gasteiger partial charge in [-0.3, -0.25) is 9.10 Å². The Bertz CT molecular complexity index is 981. The Balaban J connectivity index is 1.80. The lowest BCUT2D eigenvalue weighted by Crippen LogP contribution is -2.24. The van der Waals surface area contributed by atoms with Crippen LogP contribution in [0.25, 0.3) is 0 Å². The summed E-state index contributed by atoms with van der Waals surface area (Å²) in [4.78, 5) is 50.0. The summed E-state index contributed by atoms with van der Waals surface area (Å²) in [5.74, 6) is -1.54. The van der Waals surface area contributed by atoms with E-state index in [0.717, 1.165) is 28.2 Å². The number of carbonyl (C=O) groups excluding carboxylic acids is 4. The van der Waals surface area contributed by atoms with Crippen molar-refractivity contribution in [3.05, 3.63) is 59.7 Å². The van der Waals surface area contributed by atoms with Crippen molar-refractivity contribution in [3.8, 4) is 0 Å². The van der Waals surface area contributed by atoms with E-state index in [1.807, 2.05) is 0 Å². The van der Waals surface area contributed by atoms with E-state index in [9.17, 15) is 19.2 Å². The lowest BCUT2D eigenvalue weighted by Gasteiger charge is -2.17. The normalized spacial score (nSPS) is 13.6. The predicted molar refractivity (Wildman–Crippen MR) is 106 cm³/mol. The highest BCUT2D eigenvalue weighted by Crippen LogP contribution is 2.36. The number of methoxy groups -OCH3 is 2. The minimum atomic E-state index is -0.565. The van der Waals surface area contributed by atoms with Crippen molar-refractivity contribution >= 4 is 47.8 Å². The molecule has 0 unspecified atom stereocenters. The van der Waals surface area contributed by atoms with Gasteiger partial charge in [-0.2, -0.15) is 4.31 Å². The van der Waals surface area contributed by atoms with Gasteiger partial charge >= 0.3 is 18.0 Å². The van der Waals surface area contributed by atoms with Crippen LogP contribution in [0.5, 0.6) is 0 Å². The van der Waals surface area contributed by atoms with Crippen LogP contribution in [0.1, 0.15) is 20.7 Å². The predicted octanol–water partition coefficient (Wildman–Crippen LogP) is 3.24. The Morgan fingerprint density at radius 2 is 1.31 bits per heavy atom. The van der Waals surface area contributed by atoms with Gasteiger partial charge in [0, 0.05) is 21.7 Å². The third-order valence-electron chi connectivity index (χ3n) is 3.88. The molecule has 0 aromatic heterocycles. The third-order valence-corrected chi connectivity index (χ3v) is 6.03. The second-order valence-corrected chi connectivity index (χ2v) is 7.72. The first kappa shape index (κ1) is 20.7. The van der Waals surface area contributed by atoms with Gasteiger partial charge in [0.2, 0.25) is 0 Å². The fourth-order valence-corrected chi connectivity index (χ4v) is 4.43. The fraction of sp³-hybridized carbons (Fsp3) is 0.158. The first-order valence-corrected chi connectivity index (χ1v) is 9.86. The standard InChI is InChI=1S/C19H16N2O6S2/c1-26-17(23)12-7-3-5-9-14(12)28-20-11-16(22)21(19(20)25)29-15-10-6-4-8-13(15)18(24)27-2/h3-10H,11H2,1-2H3. The Hall–Kier alpha value is -2.98. The van der Waals surface area contributed by atoms with Crippen molar-refractivity contribution in [2.75, 3.05) is 20.8 Å². The van der Waals surface area contributed by atoms with Crippen LogP contribution < -0.4 is 0 Å². The number of rotatable bonds is 6. The fourth-order valence-electron chi connectivity index (χ4n) is 2.49. The molecule has 1 saturated heterocycles. The zero-order chi connectivity index (χ0) is 21.0. The van der Waals surface area contributed by atoms with Gasteiger partial charge in [-0.05, 0) is 36.2 Å². The minimum absolute atomic E-state index is 0.174. The van der Waals surface area contributed by atoms with E-state index in [1.165, 1.54) is 18.5 Å². The van der Waals surface area contributed by atoms with Crippen molar-refractivity contribution in [2.24, 2.45) is 0 Å². The summed E-state index contributed by atoms with van der Waals surface area (Å²) in [5, 5.41) is 0. The lowest BCUT2D eigenvalue weighted by molar-refractivity contribution is -0.121. The van der Waals surface area contributed by atoms with E-state index in [0.29, 0.717) is 15.4 Å². The van der Waals surface area contributed by atoms with Crippen LogP contribution >= 0.6 is 23.9 Å². The van der Waals surface area contributed by atoms with E-state index in [4.69, 9.17) is 9.47 Å². The second-order valence-electron chi connectivity index (χ2n) is 5.67. The number of esters is 2. The van der Waals surface area contributed by atoms with Gasteiger partial charge in [0.05, 0.1) is 25.3 Å². The molecular formula is C19H16N2O6S2. The molecule has 1 aliphatic rings. The number of benzene rings is 2. The van der Waals surface area contributed by atoms with Gasteiger partial charge < -0.3 is 9.47 Å². The summed E-state index contributed by atoms with van der Waals surface area (Å²) in [6.07, 6.45) is 0. The molecule has 1 heterocycles. The average Bonchev–Trinajstić information content (AvgIpc) is 3.00. The summed E-state index contributed by atoms with van der Waals surface area (Å²) in [5.41, 5.74) is 0.546. The maximum absolute atomic E-state index is 12.8. The highest BCUT2D eigenvalue weighted by molar-refractivity contribution is 7.99. The number of ether oxygens (including phenoxy) is 2. The summed E-state index contributed by atoms with van der Waals surface area (Å²) >= 11 is 1.83. The van der Waals surface area contributed by atoms with Crippen LogP contribution in [0.3, 0.4) is 0 Å². The summed E-state index contributed by atoms with van der Waals surface area (Å²) in [6.45, 7) is -0.174. The van der Waals surface area contributed by atoms with E-state index in [1.54, 1.807) is 48.5 Å². The molecule has 8 nitrogen and oxygen atoms in total. The Labute approximate surface area is 175 Å². The van der Waals surface area contributed by atoms with E-state index >= 15 is 0 Å². The molecule has 3 amide bonds. The molecule has 0 spiro atoms. The molecule has 1 fully saturated rings.